The maximum Gasteiger partial charge on any atom is 0.222 e. The number of aromatic nitrogens is 4. The zero-order valence-electron chi connectivity index (χ0n) is 16.6. The van der Waals surface area contributed by atoms with Crippen molar-refractivity contribution >= 4 is 22.4 Å². The Morgan fingerprint density at radius 3 is 2.46 bits per heavy atom. The van der Waals surface area contributed by atoms with Gasteiger partial charge in [-0.2, -0.15) is 5.26 Å². The Balaban J connectivity index is 2.08. The normalized spacial score (nSPS) is 11.5. The molecule has 3 aromatic rings. The first kappa shape index (κ1) is 19.5. The first-order chi connectivity index (χ1) is 13.2. The number of pyridine rings is 2. The molecule has 0 aliphatic rings. The van der Waals surface area contributed by atoms with Gasteiger partial charge in [-0.1, -0.05) is 13.8 Å². The van der Waals surface area contributed by atoms with Gasteiger partial charge in [-0.3, -0.25) is 0 Å². The van der Waals surface area contributed by atoms with Crippen LogP contribution in [0.25, 0.3) is 10.8 Å². The second-order valence-corrected chi connectivity index (χ2v) is 7.40. The smallest absolute Gasteiger partial charge is 0.222 e. The molecule has 3 N–H and O–H groups in total. The molecule has 0 amide bonds. The van der Waals surface area contributed by atoms with Crippen LogP contribution in [-0.4, -0.2) is 27.0 Å². The van der Waals surface area contributed by atoms with E-state index in [1.54, 1.807) is 19.5 Å². The van der Waals surface area contributed by atoms with E-state index in [9.17, 15) is 5.26 Å². The number of nitrogens with two attached hydrogens (primary N) is 1. The molecule has 0 aromatic carbocycles. The summed E-state index contributed by atoms with van der Waals surface area (Å²) in [5.74, 6) is 1.67. The minimum Gasteiger partial charge on any atom is -0.481 e. The van der Waals surface area contributed by atoms with Crippen LogP contribution < -0.4 is 15.8 Å². The summed E-state index contributed by atoms with van der Waals surface area (Å²) in [6.07, 6.45) is 4.94. The van der Waals surface area contributed by atoms with Crippen LogP contribution >= 0.6 is 0 Å². The number of rotatable bonds is 5. The summed E-state index contributed by atoms with van der Waals surface area (Å²) in [6, 6.07) is 3.96. The molecule has 28 heavy (non-hydrogen) atoms. The molecule has 0 spiro atoms. The molecule has 0 atom stereocenters. The Morgan fingerprint density at radius 1 is 1.11 bits per heavy atom. The monoisotopic (exact) mass is 377 g/mol. The zero-order chi connectivity index (χ0) is 20.5. The maximum atomic E-state index is 9.21. The Labute approximate surface area is 163 Å². The minimum absolute atomic E-state index is 0.0773. The minimum atomic E-state index is -0.588. The molecule has 0 aliphatic heterocycles. The van der Waals surface area contributed by atoms with E-state index in [-0.39, 0.29) is 5.92 Å². The largest absolute Gasteiger partial charge is 0.481 e. The first-order valence-electron chi connectivity index (χ1n) is 8.90. The number of nitrogens with one attached hydrogen (secondary N) is 1. The van der Waals surface area contributed by atoms with Gasteiger partial charge < -0.3 is 15.8 Å². The Hall–Kier alpha value is -3.31. The van der Waals surface area contributed by atoms with Crippen LogP contribution in [-0.2, 0) is 5.54 Å². The van der Waals surface area contributed by atoms with E-state index < -0.39 is 5.54 Å². The number of hydrogen-bond donors (Lipinski definition) is 2. The molecule has 0 saturated heterocycles. The Kier molecular flexibility index (Phi) is 5.12. The molecule has 8 nitrogen and oxygen atoms in total. The van der Waals surface area contributed by atoms with E-state index in [1.807, 2.05) is 33.8 Å². The molecule has 0 saturated carbocycles. The van der Waals surface area contributed by atoms with E-state index in [0.717, 1.165) is 16.3 Å². The highest BCUT2D eigenvalue weighted by molar-refractivity contribution is 5.91. The van der Waals surface area contributed by atoms with Crippen molar-refractivity contribution in [3.8, 4) is 11.9 Å². The first-order valence-corrected chi connectivity index (χ1v) is 8.90. The lowest BCUT2D eigenvalue weighted by atomic mass is 9.93. The van der Waals surface area contributed by atoms with E-state index in [0.29, 0.717) is 28.9 Å². The molecule has 0 fully saturated rings. The van der Waals surface area contributed by atoms with Crippen molar-refractivity contribution in [2.75, 3.05) is 12.4 Å². The Bertz CT molecular complexity index is 1060. The lowest BCUT2D eigenvalue weighted by Gasteiger charge is -2.22. The number of methoxy groups -OCH3 is 1. The summed E-state index contributed by atoms with van der Waals surface area (Å²) >= 11 is 0. The third-order valence-corrected chi connectivity index (χ3v) is 4.33. The van der Waals surface area contributed by atoms with Crippen molar-refractivity contribution < 1.29 is 4.74 Å². The van der Waals surface area contributed by atoms with Gasteiger partial charge in [-0.05, 0) is 36.8 Å². The highest BCUT2D eigenvalue weighted by atomic mass is 16.5. The molecule has 3 heterocycles. The summed E-state index contributed by atoms with van der Waals surface area (Å²) in [4.78, 5) is 17.5. The molecule has 0 bridgehead atoms. The van der Waals surface area contributed by atoms with Gasteiger partial charge >= 0.3 is 0 Å². The molecule has 3 rings (SSSR count). The predicted octanol–water partition coefficient (Wildman–Crippen LogP) is 3.36. The van der Waals surface area contributed by atoms with E-state index in [1.165, 1.54) is 6.20 Å². The molecule has 0 radical (unpaired) electrons. The number of fused-ring (bicyclic) bond motifs is 1. The number of nitrogens with zero attached hydrogens (tertiary/aromatic N) is 5. The van der Waals surface area contributed by atoms with Gasteiger partial charge in [0.15, 0.2) is 5.69 Å². The third kappa shape index (κ3) is 3.70. The quantitative estimate of drug-likeness (QED) is 0.694. The standard InChI is InChI=1S/C20H23N7O/c1-11(2)18-15(7-21)23-10-17(27-18)26-16-6-12-13(8-24-16)19(28-5)25-9-14(12)20(3,4)22/h6,8-11H,22H2,1-5H3,(H,24,26,27). The topological polar surface area (TPSA) is 123 Å². The van der Waals surface area contributed by atoms with Crippen LogP contribution in [0.15, 0.2) is 24.7 Å². The van der Waals surface area contributed by atoms with Gasteiger partial charge in [-0.25, -0.2) is 19.9 Å². The fourth-order valence-electron chi connectivity index (χ4n) is 2.94. The average Bonchev–Trinajstić information content (AvgIpc) is 2.66. The van der Waals surface area contributed by atoms with Crippen molar-refractivity contribution in [1.29, 1.82) is 5.26 Å². The maximum absolute atomic E-state index is 9.21. The van der Waals surface area contributed by atoms with Gasteiger partial charge in [0.05, 0.1) is 24.4 Å². The zero-order valence-corrected chi connectivity index (χ0v) is 16.6. The number of anilines is 2. The van der Waals surface area contributed by atoms with E-state index in [2.05, 4.69) is 31.3 Å². The van der Waals surface area contributed by atoms with Crippen LogP contribution in [0, 0.1) is 11.3 Å². The molecule has 8 heteroatoms. The average molecular weight is 377 g/mol. The van der Waals surface area contributed by atoms with Crippen LogP contribution in [0.5, 0.6) is 5.88 Å². The van der Waals surface area contributed by atoms with Crippen LogP contribution in [0.4, 0.5) is 11.6 Å². The molecule has 0 unspecified atom stereocenters. The molecule has 0 aliphatic carbocycles. The number of hydrogen-bond acceptors (Lipinski definition) is 8. The van der Waals surface area contributed by atoms with Crippen molar-refractivity contribution in [1.82, 2.24) is 19.9 Å². The Morgan fingerprint density at radius 2 is 1.86 bits per heavy atom. The predicted molar refractivity (Wildman–Crippen MR) is 107 cm³/mol. The van der Waals surface area contributed by atoms with Crippen LogP contribution in [0.3, 0.4) is 0 Å². The lowest BCUT2D eigenvalue weighted by molar-refractivity contribution is 0.402. The van der Waals surface area contributed by atoms with Gasteiger partial charge in [0.2, 0.25) is 5.88 Å². The van der Waals surface area contributed by atoms with Gasteiger partial charge in [0.1, 0.15) is 17.7 Å². The molecule has 144 valence electrons. The molecular formula is C20H23N7O. The second-order valence-electron chi connectivity index (χ2n) is 7.40. The second kappa shape index (κ2) is 7.37. The SMILES string of the molecule is COc1ncc(C(C)(C)N)c2cc(Nc3cnc(C#N)c(C(C)C)n3)ncc12. The summed E-state index contributed by atoms with van der Waals surface area (Å²) in [6.45, 7) is 7.78. The van der Waals surface area contributed by atoms with Crippen molar-refractivity contribution in [2.45, 2.75) is 39.2 Å². The van der Waals surface area contributed by atoms with Crippen molar-refractivity contribution in [3.63, 3.8) is 0 Å². The fraction of sp³-hybridized carbons (Fsp3) is 0.350. The van der Waals surface area contributed by atoms with Gasteiger partial charge in [0, 0.05) is 17.9 Å². The van der Waals surface area contributed by atoms with Crippen LogP contribution in [0.1, 0.15) is 50.6 Å². The lowest BCUT2D eigenvalue weighted by Crippen LogP contribution is -2.29. The number of nitriles is 1. The van der Waals surface area contributed by atoms with Gasteiger partial charge in [0.25, 0.3) is 0 Å². The van der Waals surface area contributed by atoms with E-state index in [4.69, 9.17) is 10.5 Å². The number of ether oxygens (including phenoxy) is 1. The summed E-state index contributed by atoms with van der Waals surface area (Å²) < 4.78 is 5.36. The summed E-state index contributed by atoms with van der Waals surface area (Å²) in [5.41, 5.74) is 7.59. The molecule has 3 aromatic heterocycles. The highest BCUT2D eigenvalue weighted by Crippen LogP contribution is 2.32. The van der Waals surface area contributed by atoms with Crippen LogP contribution in [0.2, 0.25) is 0 Å². The third-order valence-electron chi connectivity index (χ3n) is 4.33. The van der Waals surface area contributed by atoms with Gasteiger partial charge in [-0.15, -0.1) is 0 Å². The van der Waals surface area contributed by atoms with Crippen molar-refractivity contribution in [3.05, 3.63) is 41.6 Å². The highest BCUT2D eigenvalue weighted by Gasteiger charge is 2.21. The van der Waals surface area contributed by atoms with Crippen molar-refractivity contribution in [2.24, 2.45) is 5.73 Å². The fourth-order valence-corrected chi connectivity index (χ4v) is 2.94. The summed E-state index contributed by atoms with van der Waals surface area (Å²) in [5, 5.41) is 14.0. The summed E-state index contributed by atoms with van der Waals surface area (Å²) in [7, 11) is 1.57. The molecular weight excluding hydrogens is 354 g/mol. The van der Waals surface area contributed by atoms with E-state index >= 15 is 0 Å².